The summed E-state index contributed by atoms with van der Waals surface area (Å²) in [6, 6.07) is 6.28. The molecule has 7 heteroatoms. The quantitative estimate of drug-likeness (QED) is 0.483. The van der Waals surface area contributed by atoms with Gasteiger partial charge in [0.15, 0.2) is 0 Å². The summed E-state index contributed by atoms with van der Waals surface area (Å²) in [4.78, 5) is 12.9. The van der Waals surface area contributed by atoms with E-state index in [2.05, 4.69) is 10.2 Å². The molecule has 1 saturated heterocycles. The van der Waals surface area contributed by atoms with E-state index in [9.17, 15) is 10.1 Å². The fourth-order valence-corrected chi connectivity index (χ4v) is 2.59. The molecular weight excluding hydrogens is 264 g/mol. The molecule has 0 spiro atoms. The molecule has 1 aliphatic heterocycles. The number of nitrogens with two attached hydrogens (primary N) is 1. The van der Waals surface area contributed by atoms with Gasteiger partial charge in [-0.05, 0) is 5.56 Å². The van der Waals surface area contributed by atoms with Crippen molar-refractivity contribution < 1.29 is 4.92 Å². The molecular formula is C12H16N4O2S. The number of hydrogen-bond acceptors (Lipinski definition) is 5. The summed E-state index contributed by atoms with van der Waals surface area (Å²) in [5, 5.41) is 14.1. The van der Waals surface area contributed by atoms with Crippen molar-refractivity contribution in [3.05, 3.63) is 39.9 Å². The first kappa shape index (κ1) is 13.9. The van der Waals surface area contributed by atoms with Gasteiger partial charge in [0.05, 0.1) is 16.0 Å². The van der Waals surface area contributed by atoms with Crippen LogP contribution in [0.5, 0.6) is 0 Å². The Balaban J connectivity index is 2.30. The molecule has 1 heterocycles. The molecule has 1 unspecified atom stereocenters. The Hall–Kier alpha value is -1.57. The summed E-state index contributed by atoms with van der Waals surface area (Å²) >= 11 is 5.13. The van der Waals surface area contributed by atoms with Gasteiger partial charge in [0.1, 0.15) is 0 Å². The smallest absolute Gasteiger partial charge is 0.269 e. The molecule has 1 aliphatic rings. The Labute approximate surface area is 116 Å². The maximum absolute atomic E-state index is 10.8. The standard InChI is InChI=1S/C12H16N4O2S/c13-12(19)11(15-6-4-14-5-7-15)9-2-1-3-10(8-9)16(17)18/h1-3,8,11,14H,4-7H2,(H2,13,19). The topological polar surface area (TPSA) is 84.4 Å². The van der Waals surface area contributed by atoms with Gasteiger partial charge in [0.25, 0.3) is 5.69 Å². The number of hydrogen-bond donors (Lipinski definition) is 2. The van der Waals surface area contributed by atoms with Crippen LogP contribution < -0.4 is 11.1 Å². The number of thiocarbonyl (C=S) groups is 1. The van der Waals surface area contributed by atoms with Crippen molar-refractivity contribution in [2.75, 3.05) is 26.2 Å². The highest BCUT2D eigenvalue weighted by Crippen LogP contribution is 2.25. The van der Waals surface area contributed by atoms with Crippen molar-refractivity contribution in [1.29, 1.82) is 0 Å². The Kier molecular flexibility index (Phi) is 4.41. The number of rotatable bonds is 4. The van der Waals surface area contributed by atoms with E-state index >= 15 is 0 Å². The van der Waals surface area contributed by atoms with Crippen molar-refractivity contribution in [3.8, 4) is 0 Å². The molecule has 0 saturated carbocycles. The summed E-state index contributed by atoms with van der Waals surface area (Å²) in [6.07, 6.45) is 0. The third-order valence-corrected chi connectivity index (χ3v) is 3.41. The second-order valence-electron chi connectivity index (χ2n) is 4.44. The van der Waals surface area contributed by atoms with Gasteiger partial charge in [-0.15, -0.1) is 0 Å². The SMILES string of the molecule is NC(=S)C(c1cccc([N+](=O)[O-])c1)N1CCNCC1. The van der Waals surface area contributed by atoms with Crippen molar-refractivity contribution >= 4 is 22.9 Å². The Morgan fingerprint density at radius 1 is 1.47 bits per heavy atom. The number of non-ortho nitro benzene ring substituents is 1. The first-order valence-corrected chi connectivity index (χ1v) is 6.49. The van der Waals surface area contributed by atoms with Crippen molar-refractivity contribution in [2.45, 2.75) is 6.04 Å². The highest BCUT2D eigenvalue weighted by Gasteiger charge is 2.25. The lowest BCUT2D eigenvalue weighted by Crippen LogP contribution is -2.48. The summed E-state index contributed by atoms with van der Waals surface area (Å²) in [7, 11) is 0. The Morgan fingerprint density at radius 2 is 2.16 bits per heavy atom. The van der Waals surface area contributed by atoms with Crippen LogP contribution in [0.25, 0.3) is 0 Å². The van der Waals surface area contributed by atoms with Gasteiger partial charge >= 0.3 is 0 Å². The predicted octanol–water partition coefficient (Wildman–Crippen LogP) is 0.827. The Bertz CT molecular complexity index is 488. The minimum Gasteiger partial charge on any atom is -0.392 e. The van der Waals surface area contributed by atoms with Crippen molar-refractivity contribution in [2.24, 2.45) is 5.73 Å². The van der Waals surface area contributed by atoms with Crippen LogP contribution in [-0.4, -0.2) is 41.0 Å². The summed E-state index contributed by atoms with van der Waals surface area (Å²) in [5.74, 6) is 0. The molecule has 2 rings (SSSR count). The molecule has 0 amide bonds. The molecule has 1 fully saturated rings. The van der Waals surface area contributed by atoms with Crippen molar-refractivity contribution in [3.63, 3.8) is 0 Å². The number of nitro groups is 1. The average molecular weight is 280 g/mol. The maximum atomic E-state index is 10.8. The summed E-state index contributed by atoms with van der Waals surface area (Å²) in [6.45, 7) is 3.39. The highest BCUT2D eigenvalue weighted by molar-refractivity contribution is 7.80. The zero-order valence-electron chi connectivity index (χ0n) is 10.4. The van der Waals surface area contributed by atoms with Crippen LogP contribution in [-0.2, 0) is 0 Å². The first-order chi connectivity index (χ1) is 9.09. The zero-order chi connectivity index (χ0) is 13.8. The van der Waals surface area contributed by atoms with Gasteiger partial charge < -0.3 is 11.1 Å². The van der Waals surface area contributed by atoms with Gasteiger partial charge in [0, 0.05) is 38.3 Å². The number of nitrogens with one attached hydrogen (secondary N) is 1. The van der Waals surface area contributed by atoms with Crippen molar-refractivity contribution in [1.82, 2.24) is 10.2 Å². The number of nitro benzene ring substituents is 1. The Morgan fingerprint density at radius 3 is 2.74 bits per heavy atom. The van der Waals surface area contributed by atoms with Crippen LogP contribution in [0.2, 0.25) is 0 Å². The molecule has 0 aromatic heterocycles. The second kappa shape index (κ2) is 6.05. The molecule has 1 aromatic carbocycles. The van der Waals surface area contributed by atoms with E-state index in [-0.39, 0.29) is 11.7 Å². The third kappa shape index (κ3) is 3.25. The lowest BCUT2D eigenvalue weighted by molar-refractivity contribution is -0.384. The van der Waals surface area contributed by atoms with Crippen LogP contribution in [0.1, 0.15) is 11.6 Å². The molecule has 102 valence electrons. The van der Waals surface area contributed by atoms with E-state index < -0.39 is 4.92 Å². The van der Waals surface area contributed by atoms with E-state index in [1.165, 1.54) is 6.07 Å². The minimum atomic E-state index is -0.405. The molecule has 0 aliphatic carbocycles. The highest BCUT2D eigenvalue weighted by atomic mass is 32.1. The lowest BCUT2D eigenvalue weighted by atomic mass is 10.0. The summed E-state index contributed by atoms with van der Waals surface area (Å²) in [5.41, 5.74) is 6.67. The normalized spacial score (nSPS) is 17.9. The van der Waals surface area contributed by atoms with Crippen LogP contribution in [0.4, 0.5) is 5.69 Å². The second-order valence-corrected chi connectivity index (χ2v) is 4.91. The average Bonchev–Trinajstić information content (AvgIpc) is 2.40. The summed E-state index contributed by atoms with van der Waals surface area (Å²) < 4.78 is 0. The van der Waals surface area contributed by atoms with Crippen LogP contribution >= 0.6 is 12.2 Å². The molecule has 6 nitrogen and oxygen atoms in total. The number of piperazine rings is 1. The number of benzene rings is 1. The third-order valence-electron chi connectivity index (χ3n) is 3.18. The zero-order valence-corrected chi connectivity index (χ0v) is 11.2. The fraction of sp³-hybridized carbons (Fsp3) is 0.417. The molecule has 1 atom stereocenters. The maximum Gasteiger partial charge on any atom is 0.269 e. The monoisotopic (exact) mass is 280 g/mol. The van der Waals surface area contributed by atoms with Crippen LogP contribution in [0.15, 0.2) is 24.3 Å². The fourth-order valence-electron chi connectivity index (χ4n) is 2.30. The van der Waals surface area contributed by atoms with E-state index in [1.54, 1.807) is 12.1 Å². The van der Waals surface area contributed by atoms with Gasteiger partial charge in [-0.2, -0.15) is 0 Å². The lowest BCUT2D eigenvalue weighted by Gasteiger charge is -2.34. The van der Waals surface area contributed by atoms with E-state index in [1.807, 2.05) is 6.07 Å². The molecule has 3 N–H and O–H groups in total. The minimum absolute atomic E-state index is 0.0638. The molecule has 1 aromatic rings. The first-order valence-electron chi connectivity index (χ1n) is 6.08. The number of nitrogens with zero attached hydrogens (tertiary/aromatic N) is 2. The van der Waals surface area contributed by atoms with E-state index in [0.717, 1.165) is 31.7 Å². The largest absolute Gasteiger partial charge is 0.392 e. The van der Waals surface area contributed by atoms with Gasteiger partial charge in [-0.3, -0.25) is 15.0 Å². The predicted molar refractivity (Wildman–Crippen MR) is 77.1 cm³/mol. The van der Waals surface area contributed by atoms with Crippen LogP contribution in [0, 0.1) is 10.1 Å². The van der Waals surface area contributed by atoms with Gasteiger partial charge in [0.2, 0.25) is 0 Å². The van der Waals surface area contributed by atoms with Crippen LogP contribution in [0.3, 0.4) is 0 Å². The van der Waals surface area contributed by atoms with Gasteiger partial charge in [-0.1, -0.05) is 24.4 Å². The van der Waals surface area contributed by atoms with E-state index in [0.29, 0.717) is 4.99 Å². The van der Waals surface area contributed by atoms with E-state index in [4.69, 9.17) is 18.0 Å². The molecule has 0 bridgehead atoms. The van der Waals surface area contributed by atoms with Gasteiger partial charge in [-0.25, -0.2) is 0 Å². The molecule has 0 radical (unpaired) electrons. The molecule has 19 heavy (non-hydrogen) atoms.